The highest BCUT2D eigenvalue weighted by Crippen LogP contribution is 2.17. The van der Waals surface area contributed by atoms with Crippen molar-refractivity contribution in [3.8, 4) is 0 Å². The molecule has 0 saturated carbocycles. The molecule has 4 heteroatoms. The standard InChI is InChI=1S/C12H18N2O2/c1-8(2)7-14(4)11-9(3)5-10(6-13-11)12(15)16/h5-6,8H,7H2,1-4H3,(H,15,16). The van der Waals surface area contributed by atoms with Crippen LogP contribution in [0.1, 0.15) is 29.8 Å². The molecule has 0 saturated heterocycles. The van der Waals surface area contributed by atoms with Crippen LogP contribution in [0.3, 0.4) is 0 Å². The number of aromatic carboxylic acids is 1. The number of carboxylic acid groups (broad SMARTS) is 1. The number of nitrogens with zero attached hydrogens (tertiary/aromatic N) is 2. The third-order valence-electron chi connectivity index (χ3n) is 2.30. The fourth-order valence-electron chi connectivity index (χ4n) is 1.72. The molecular weight excluding hydrogens is 204 g/mol. The Morgan fingerprint density at radius 2 is 2.19 bits per heavy atom. The summed E-state index contributed by atoms with van der Waals surface area (Å²) >= 11 is 0. The molecule has 0 bridgehead atoms. The van der Waals surface area contributed by atoms with Crippen LogP contribution in [0.15, 0.2) is 12.3 Å². The number of aromatic nitrogens is 1. The highest BCUT2D eigenvalue weighted by atomic mass is 16.4. The Morgan fingerprint density at radius 3 is 2.62 bits per heavy atom. The molecule has 1 aromatic rings. The number of aryl methyl sites for hydroxylation is 1. The second kappa shape index (κ2) is 4.96. The summed E-state index contributed by atoms with van der Waals surface area (Å²) in [6.07, 6.45) is 1.40. The molecule has 0 aliphatic carbocycles. The predicted octanol–water partition coefficient (Wildman–Crippen LogP) is 2.18. The Kier molecular flexibility index (Phi) is 3.88. The molecule has 1 rings (SSSR count). The summed E-state index contributed by atoms with van der Waals surface area (Å²) in [7, 11) is 1.97. The van der Waals surface area contributed by atoms with Gasteiger partial charge in [-0.15, -0.1) is 0 Å². The van der Waals surface area contributed by atoms with Crippen LogP contribution in [0.4, 0.5) is 5.82 Å². The Balaban J connectivity index is 2.94. The largest absolute Gasteiger partial charge is 0.478 e. The minimum absolute atomic E-state index is 0.235. The van der Waals surface area contributed by atoms with Crippen LogP contribution in [0.2, 0.25) is 0 Å². The first-order valence-corrected chi connectivity index (χ1v) is 5.33. The zero-order valence-corrected chi connectivity index (χ0v) is 10.2. The van der Waals surface area contributed by atoms with Crippen molar-refractivity contribution in [2.45, 2.75) is 20.8 Å². The molecule has 0 aromatic carbocycles. The number of pyridine rings is 1. The molecule has 1 heterocycles. The van der Waals surface area contributed by atoms with E-state index >= 15 is 0 Å². The average molecular weight is 222 g/mol. The smallest absolute Gasteiger partial charge is 0.337 e. The van der Waals surface area contributed by atoms with Crippen LogP contribution in [0, 0.1) is 12.8 Å². The molecule has 0 fully saturated rings. The zero-order valence-electron chi connectivity index (χ0n) is 10.2. The van der Waals surface area contributed by atoms with E-state index in [0.717, 1.165) is 17.9 Å². The van der Waals surface area contributed by atoms with E-state index < -0.39 is 5.97 Å². The maximum atomic E-state index is 10.8. The minimum Gasteiger partial charge on any atom is -0.478 e. The van der Waals surface area contributed by atoms with E-state index in [-0.39, 0.29) is 5.56 Å². The molecule has 1 aromatic heterocycles. The fourth-order valence-corrected chi connectivity index (χ4v) is 1.72. The lowest BCUT2D eigenvalue weighted by Gasteiger charge is -2.22. The van der Waals surface area contributed by atoms with Gasteiger partial charge >= 0.3 is 5.97 Å². The van der Waals surface area contributed by atoms with Gasteiger partial charge < -0.3 is 10.0 Å². The number of carbonyl (C=O) groups is 1. The summed E-state index contributed by atoms with van der Waals surface area (Å²) in [5, 5.41) is 8.83. The van der Waals surface area contributed by atoms with Crippen molar-refractivity contribution < 1.29 is 9.90 Å². The Morgan fingerprint density at radius 1 is 1.56 bits per heavy atom. The quantitative estimate of drug-likeness (QED) is 0.848. The van der Waals surface area contributed by atoms with Crippen LogP contribution >= 0.6 is 0 Å². The summed E-state index contributed by atoms with van der Waals surface area (Å²) in [6, 6.07) is 1.65. The van der Waals surface area contributed by atoms with Crippen LogP contribution in [0.5, 0.6) is 0 Å². The van der Waals surface area contributed by atoms with E-state index in [1.165, 1.54) is 6.20 Å². The molecular formula is C12H18N2O2. The minimum atomic E-state index is -0.936. The number of rotatable bonds is 4. The third kappa shape index (κ3) is 2.95. The first-order chi connectivity index (χ1) is 7.41. The lowest BCUT2D eigenvalue weighted by molar-refractivity contribution is 0.0696. The van der Waals surface area contributed by atoms with Gasteiger partial charge in [0.1, 0.15) is 5.82 Å². The lowest BCUT2D eigenvalue weighted by atomic mass is 10.1. The summed E-state index contributed by atoms with van der Waals surface area (Å²) in [6.45, 7) is 7.06. The maximum absolute atomic E-state index is 10.8. The highest BCUT2D eigenvalue weighted by Gasteiger charge is 2.11. The number of hydrogen-bond donors (Lipinski definition) is 1. The van der Waals surface area contributed by atoms with Crippen LogP contribution in [-0.4, -0.2) is 29.7 Å². The van der Waals surface area contributed by atoms with Crippen molar-refractivity contribution in [1.82, 2.24) is 4.98 Å². The molecule has 0 atom stereocenters. The molecule has 16 heavy (non-hydrogen) atoms. The van der Waals surface area contributed by atoms with Gasteiger partial charge in [-0.2, -0.15) is 0 Å². The van der Waals surface area contributed by atoms with Gasteiger partial charge in [-0.3, -0.25) is 0 Å². The Labute approximate surface area is 95.9 Å². The summed E-state index contributed by atoms with van der Waals surface area (Å²) in [4.78, 5) is 17.0. The maximum Gasteiger partial charge on any atom is 0.337 e. The zero-order chi connectivity index (χ0) is 12.3. The van der Waals surface area contributed by atoms with Gasteiger partial charge in [0.2, 0.25) is 0 Å². The van der Waals surface area contributed by atoms with Crippen molar-refractivity contribution in [2.75, 3.05) is 18.5 Å². The summed E-state index contributed by atoms with van der Waals surface area (Å²) < 4.78 is 0. The normalized spacial score (nSPS) is 10.6. The third-order valence-corrected chi connectivity index (χ3v) is 2.30. The molecule has 88 valence electrons. The van der Waals surface area contributed by atoms with Crippen molar-refractivity contribution >= 4 is 11.8 Å². The van der Waals surface area contributed by atoms with E-state index in [2.05, 4.69) is 18.8 Å². The van der Waals surface area contributed by atoms with Gasteiger partial charge in [0.25, 0.3) is 0 Å². The lowest BCUT2D eigenvalue weighted by Crippen LogP contribution is -2.24. The van der Waals surface area contributed by atoms with Gasteiger partial charge in [0, 0.05) is 19.8 Å². The molecule has 1 N–H and O–H groups in total. The monoisotopic (exact) mass is 222 g/mol. The molecule has 4 nitrogen and oxygen atoms in total. The van der Waals surface area contributed by atoms with E-state index in [9.17, 15) is 4.79 Å². The number of hydrogen-bond acceptors (Lipinski definition) is 3. The molecule has 0 aliphatic heterocycles. The van der Waals surface area contributed by atoms with E-state index in [1.807, 2.05) is 18.9 Å². The van der Waals surface area contributed by atoms with Gasteiger partial charge in [0.15, 0.2) is 0 Å². The molecule has 0 radical (unpaired) electrons. The van der Waals surface area contributed by atoms with Crippen LogP contribution in [-0.2, 0) is 0 Å². The molecule has 0 aliphatic rings. The molecule has 0 unspecified atom stereocenters. The van der Waals surface area contributed by atoms with Gasteiger partial charge in [0.05, 0.1) is 5.56 Å². The van der Waals surface area contributed by atoms with E-state index in [0.29, 0.717) is 5.92 Å². The highest BCUT2D eigenvalue weighted by molar-refractivity contribution is 5.87. The van der Waals surface area contributed by atoms with Crippen molar-refractivity contribution in [2.24, 2.45) is 5.92 Å². The first kappa shape index (κ1) is 12.5. The number of carboxylic acids is 1. The van der Waals surface area contributed by atoms with E-state index in [4.69, 9.17) is 5.11 Å². The van der Waals surface area contributed by atoms with E-state index in [1.54, 1.807) is 6.07 Å². The average Bonchev–Trinajstić information content (AvgIpc) is 2.15. The van der Waals surface area contributed by atoms with Crippen LogP contribution in [0.25, 0.3) is 0 Å². The van der Waals surface area contributed by atoms with Crippen molar-refractivity contribution in [3.05, 3.63) is 23.4 Å². The second-order valence-corrected chi connectivity index (χ2v) is 4.44. The van der Waals surface area contributed by atoms with Crippen molar-refractivity contribution in [1.29, 1.82) is 0 Å². The Bertz CT molecular complexity index is 389. The topological polar surface area (TPSA) is 53.4 Å². The summed E-state index contributed by atoms with van der Waals surface area (Å²) in [5.74, 6) is 0.456. The van der Waals surface area contributed by atoms with Crippen molar-refractivity contribution in [3.63, 3.8) is 0 Å². The molecule has 0 spiro atoms. The SMILES string of the molecule is Cc1cc(C(=O)O)cnc1N(C)CC(C)C. The Hall–Kier alpha value is -1.58. The predicted molar refractivity (Wildman–Crippen MR) is 64.0 cm³/mol. The van der Waals surface area contributed by atoms with Gasteiger partial charge in [-0.1, -0.05) is 13.8 Å². The first-order valence-electron chi connectivity index (χ1n) is 5.33. The number of anilines is 1. The second-order valence-electron chi connectivity index (χ2n) is 4.44. The van der Waals surface area contributed by atoms with Crippen LogP contribution < -0.4 is 4.90 Å². The summed E-state index contributed by atoms with van der Waals surface area (Å²) in [5.41, 5.74) is 1.13. The van der Waals surface area contributed by atoms with Gasteiger partial charge in [-0.25, -0.2) is 9.78 Å². The van der Waals surface area contributed by atoms with Gasteiger partial charge in [-0.05, 0) is 24.5 Å². The fraction of sp³-hybridized carbons (Fsp3) is 0.500. The molecule has 0 amide bonds.